The van der Waals surface area contributed by atoms with Crippen LogP contribution in [0, 0.1) is 12.8 Å². The molecule has 0 aliphatic carbocycles. The maximum atomic E-state index is 12.7. The molecule has 1 aliphatic rings. The molecule has 5 heteroatoms. The molecule has 0 saturated carbocycles. The van der Waals surface area contributed by atoms with E-state index in [4.69, 9.17) is 4.74 Å². The number of likely N-dealkylation sites (N-methyl/N-ethyl adjacent to an activating group) is 1. The average Bonchev–Trinajstić information content (AvgIpc) is 2.99. The Morgan fingerprint density at radius 2 is 2.22 bits per heavy atom. The molecular weight excluding hydrogens is 292 g/mol. The van der Waals surface area contributed by atoms with Crippen molar-refractivity contribution in [1.82, 2.24) is 9.47 Å². The van der Waals surface area contributed by atoms with Gasteiger partial charge in [-0.15, -0.1) is 0 Å². The zero-order valence-electron chi connectivity index (χ0n) is 14.7. The Bertz CT molecular complexity index is 601. The van der Waals surface area contributed by atoms with E-state index in [1.807, 2.05) is 13.0 Å². The van der Waals surface area contributed by atoms with Crippen LogP contribution in [0.2, 0.25) is 0 Å². The highest BCUT2D eigenvalue weighted by molar-refractivity contribution is 5.95. The van der Waals surface area contributed by atoms with E-state index >= 15 is 0 Å². The Balaban J connectivity index is 2.17. The first-order chi connectivity index (χ1) is 10.9. The zero-order chi connectivity index (χ0) is 17.0. The molecule has 23 heavy (non-hydrogen) atoms. The molecule has 1 aromatic heterocycles. The normalized spacial score (nSPS) is 17.7. The number of rotatable bonds is 6. The summed E-state index contributed by atoms with van der Waals surface area (Å²) in [7, 11) is 1.74. The van der Waals surface area contributed by atoms with E-state index in [1.54, 1.807) is 22.7 Å². The van der Waals surface area contributed by atoms with Crippen molar-refractivity contribution >= 4 is 5.91 Å². The van der Waals surface area contributed by atoms with Gasteiger partial charge in [-0.3, -0.25) is 9.59 Å². The standard InChI is InChI=1S/C18H28N2O3/c1-13(2)7-9-20-10-8-14(3)16(18(20)22)17(21)19(4)12-15-6-5-11-23-15/h8,10,13,15H,5-7,9,11-12H2,1-4H3. The highest BCUT2D eigenvalue weighted by Crippen LogP contribution is 2.14. The van der Waals surface area contributed by atoms with Crippen molar-refractivity contribution in [3.63, 3.8) is 0 Å². The lowest BCUT2D eigenvalue weighted by Crippen LogP contribution is -2.39. The third-order valence-corrected chi connectivity index (χ3v) is 4.38. The first-order valence-electron chi connectivity index (χ1n) is 8.47. The molecule has 1 amide bonds. The lowest BCUT2D eigenvalue weighted by atomic mass is 10.1. The molecule has 1 aliphatic heterocycles. The van der Waals surface area contributed by atoms with Crippen molar-refractivity contribution in [3.05, 3.63) is 33.7 Å². The number of pyridine rings is 1. The summed E-state index contributed by atoms with van der Waals surface area (Å²) in [4.78, 5) is 27.0. The number of hydrogen-bond donors (Lipinski definition) is 0. The minimum atomic E-state index is -0.207. The molecule has 0 aromatic carbocycles. The van der Waals surface area contributed by atoms with E-state index in [0.29, 0.717) is 19.0 Å². The molecule has 1 fully saturated rings. The molecular formula is C18H28N2O3. The predicted octanol–water partition coefficient (Wildman–Crippen LogP) is 2.45. The van der Waals surface area contributed by atoms with E-state index in [2.05, 4.69) is 13.8 Å². The van der Waals surface area contributed by atoms with Crippen molar-refractivity contribution < 1.29 is 9.53 Å². The highest BCUT2D eigenvalue weighted by atomic mass is 16.5. The van der Waals surface area contributed by atoms with Gasteiger partial charge in [-0.05, 0) is 43.7 Å². The van der Waals surface area contributed by atoms with Crippen LogP contribution in [0.4, 0.5) is 0 Å². The van der Waals surface area contributed by atoms with Crippen molar-refractivity contribution in [2.45, 2.75) is 52.7 Å². The molecule has 0 spiro atoms. The van der Waals surface area contributed by atoms with Crippen LogP contribution in [0.25, 0.3) is 0 Å². The number of aryl methyl sites for hydroxylation is 2. The Hall–Kier alpha value is -1.62. The Morgan fingerprint density at radius 3 is 2.83 bits per heavy atom. The van der Waals surface area contributed by atoms with Crippen LogP contribution in [0.3, 0.4) is 0 Å². The first-order valence-corrected chi connectivity index (χ1v) is 8.47. The van der Waals surface area contributed by atoms with Gasteiger partial charge in [-0.1, -0.05) is 13.8 Å². The fraction of sp³-hybridized carbons (Fsp3) is 0.667. The van der Waals surface area contributed by atoms with Gasteiger partial charge in [0.15, 0.2) is 0 Å². The van der Waals surface area contributed by atoms with Crippen LogP contribution in [0.5, 0.6) is 0 Å². The van der Waals surface area contributed by atoms with Gasteiger partial charge in [-0.25, -0.2) is 0 Å². The molecule has 0 bridgehead atoms. The van der Waals surface area contributed by atoms with Gasteiger partial charge in [0.25, 0.3) is 11.5 Å². The van der Waals surface area contributed by atoms with Gasteiger partial charge in [0, 0.05) is 32.9 Å². The summed E-state index contributed by atoms with van der Waals surface area (Å²) in [6.07, 6.45) is 4.82. The first kappa shape index (κ1) is 17.7. The summed E-state index contributed by atoms with van der Waals surface area (Å²) in [5, 5.41) is 0. The number of nitrogens with zero attached hydrogens (tertiary/aromatic N) is 2. The van der Waals surface area contributed by atoms with Crippen LogP contribution >= 0.6 is 0 Å². The van der Waals surface area contributed by atoms with Crippen molar-refractivity contribution in [3.8, 4) is 0 Å². The molecule has 0 radical (unpaired) electrons. The van der Waals surface area contributed by atoms with E-state index in [9.17, 15) is 9.59 Å². The quantitative estimate of drug-likeness (QED) is 0.809. The Labute approximate surface area is 138 Å². The summed E-state index contributed by atoms with van der Waals surface area (Å²) in [5.74, 6) is 0.312. The molecule has 128 valence electrons. The fourth-order valence-electron chi connectivity index (χ4n) is 2.87. The van der Waals surface area contributed by atoms with Crippen LogP contribution in [-0.4, -0.2) is 41.7 Å². The third kappa shape index (κ3) is 4.44. The molecule has 1 unspecified atom stereocenters. The second kappa shape index (κ2) is 7.77. The fourth-order valence-corrected chi connectivity index (χ4v) is 2.87. The van der Waals surface area contributed by atoms with Gasteiger partial charge in [0.1, 0.15) is 5.56 Å². The summed E-state index contributed by atoms with van der Waals surface area (Å²) in [6, 6.07) is 1.86. The van der Waals surface area contributed by atoms with Crippen LogP contribution in [0.15, 0.2) is 17.1 Å². The number of carbonyl (C=O) groups is 1. The van der Waals surface area contributed by atoms with Gasteiger partial charge < -0.3 is 14.2 Å². The second-order valence-corrected chi connectivity index (χ2v) is 6.88. The minimum absolute atomic E-state index is 0.0936. The van der Waals surface area contributed by atoms with Gasteiger partial charge in [0.2, 0.25) is 0 Å². The SMILES string of the molecule is Cc1ccn(CCC(C)C)c(=O)c1C(=O)N(C)CC1CCCO1. The Morgan fingerprint density at radius 1 is 1.48 bits per heavy atom. The van der Waals surface area contributed by atoms with E-state index < -0.39 is 0 Å². The summed E-state index contributed by atoms with van der Waals surface area (Å²) in [6.45, 7) is 8.02. The molecule has 5 nitrogen and oxygen atoms in total. The van der Waals surface area contributed by atoms with E-state index in [0.717, 1.165) is 31.4 Å². The predicted molar refractivity (Wildman–Crippen MR) is 90.8 cm³/mol. The number of ether oxygens (including phenoxy) is 1. The largest absolute Gasteiger partial charge is 0.376 e. The lowest BCUT2D eigenvalue weighted by molar-refractivity contribution is 0.0584. The maximum Gasteiger partial charge on any atom is 0.263 e. The highest BCUT2D eigenvalue weighted by Gasteiger charge is 2.24. The number of aromatic nitrogens is 1. The molecule has 2 rings (SSSR count). The van der Waals surface area contributed by atoms with Crippen molar-refractivity contribution in [2.75, 3.05) is 20.2 Å². The molecule has 0 N–H and O–H groups in total. The third-order valence-electron chi connectivity index (χ3n) is 4.38. The van der Waals surface area contributed by atoms with Crippen molar-refractivity contribution in [2.24, 2.45) is 5.92 Å². The number of carbonyl (C=O) groups excluding carboxylic acids is 1. The van der Waals surface area contributed by atoms with Gasteiger partial charge >= 0.3 is 0 Å². The van der Waals surface area contributed by atoms with Crippen LogP contribution in [0.1, 0.15) is 49.0 Å². The number of amides is 1. The molecule has 1 atom stereocenters. The monoisotopic (exact) mass is 320 g/mol. The van der Waals surface area contributed by atoms with Crippen LogP contribution in [-0.2, 0) is 11.3 Å². The zero-order valence-corrected chi connectivity index (χ0v) is 14.7. The molecule has 2 heterocycles. The van der Waals surface area contributed by atoms with Crippen molar-refractivity contribution in [1.29, 1.82) is 0 Å². The van der Waals surface area contributed by atoms with E-state index in [-0.39, 0.29) is 23.1 Å². The van der Waals surface area contributed by atoms with E-state index in [1.165, 1.54) is 0 Å². The Kier molecular flexibility index (Phi) is 5.99. The molecule has 1 aromatic rings. The lowest BCUT2D eigenvalue weighted by Gasteiger charge is -2.22. The maximum absolute atomic E-state index is 12.7. The van der Waals surface area contributed by atoms with Gasteiger partial charge in [0.05, 0.1) is 6.10 Å². The smallest absolute Gasteiger partial charge is 0.263 e. The topological polar surface area (TPSA) is 51.5 Å². The number of hydrogen-bond acceptors (Lipinski definition) is 3. The van der Waals surface area contributed by atoms with Gasteiger partial charge in [-0.2, -0.15) is 0 Å². The summed E-state index contributed by atoms with van der Waals surface area (Å²) >= 11 is 0. The second-order valence-electron chi connectivity index (χ2n) is 6.88. The minimum Gasteiger partial charge on any atom is -0.376 e. The van der Waals surface area contributed by atoms with Crippen LogP contribution < -0.4 is 5.56 Å². The summed E-state index contributed by atoms with van der Waals surface area (Å²) < 4.78 is 7.23. The summed E-state index contributed by atoms with van der Waals surface area (Å²) in [5.41, 5.74) is 0.839. The average molecular weight is 320 g/mol. The molecule has 1 saturated heterocycles.